The van der Waals surface area contributed by atoms with Crippen molar-refractivity contribution in [2.75, 3.05) is 5.32 Å². The maximum Gasteiger partial charge on any atom is 0.246 e. The first kappa shape index (κ1) is 17.7. The number of nitrogens with one attached hydrogen (secondary N) is 1. The van der Waals surface area contributed by atoms with Crippen molar-refractivity contribution in [2.45, 2.75) is 26.3 Å². The first-order chi connectivity index (χ1) is 14.1. The first-order valence-electron chi connectivity index (χ1n) is 9.37. The van der Waals surface area contributed by atoms with E-state index in [9.17, 15) is 4.79 Å². The number of hydrogen-bond acceptors (Lipinski definition) is 6. The smallest absolute Gasteiger partial charge is 0.246 e. The average molecular weight is 402 g/mol. The molecular formula is C21H18N6OS. The van der Waals surface area contributed by atoms with Crippen LogP contribution in [0.2, 0.25) is 0 Å². The van der Waals surface area contributed by atoms with Crippen LogP contribution in [0, 0.1) is 0 Å². The van der Waals surface area contributed by atoms with E-state index in [1.807, 2.05) is 66.9 Å². The predicted octanol–water partition coefficient (Wildman–Crippen LogP) is 4.35. The van der Waals surface area contributed by atoms with Crippen LogP contribution in [-0.2, 0) is 11.3 Å². The van der Waals surface area contributed by atoms with Gasteiger partial charge in [-0.15, -0.1) is 10.2 Å². The van der Waals surface area contributed by atoms with Crippen molar-refractivity contribution in [3.8, 4) is 0 Å². The molecule has 3 aromatic heterocycles. The lowest BCUT2D eigenvalue weighted by Crippen LogP contribution is -2.18. The molecule has 29 heavy (non-hydrogen) atoms. The molecule has 0 aliphatic rings. The van der Waals surface area contributed by atoms with Gasteiger partial charge in [-0.2, -0.15) is 0 Å². The Balaban J connectivity index is 1.57. The van der Waals surface area contributed by atoms with Crippen LogP contribution in [0.4, 0.5) is 5.13 Å². The Kier molecular flexibility index (Phi) is 4.21. The van der Waals surface area contributed by atoms with E-state index in [1.165, 1.54) is 11.3 Å². The lowest BCUT2D eigenvalue weighted by atomic mass is 10.2. The van der Waals surface area contributed by atoms with Crippen LogP contribution in [0.5, 0.6) is 0 Å². The van der Waals surface area contributed by atoms with Crippen LogP contribution in [0.15, 0.2) is 48.5 Å². The molecule has 5 aromatic rings. The van der Waals surface area contributed by atoms with Crippen LogP contribution in [0.3, 0.4) is 0 Å². The molecular weight excluding hydrogens is 384 g/mol. The minimum atomic E-state index is -0.172. The van der Waals surface area contributed by atoms with Crippen LogP contribution in [0.1, 0.15) is 24.8 Å². The number of anilines is 1. The van der Waals surface area contributed by atoms with Gasteiger partial charge in [0.15, 0.2) is 5.65 Å². The molecule has 5 rings (SSSR count). The Bertz CT molecular complexity index is 1370. The monoisotopic (exact) mass is 402 g/mol. The Labute approximate surface area is 170 Å². The number of aromatic nitrogens is 5. The Morgan fingerprint density at radius 2 is 1.76 bits per heavy atom. The second-order valence-corrected chi connectivity index (χ2v) is 8.15. The summed E-state index contributed by atoms with van der Waals surface area (Å²) in [4.78, 5) is 22.4. The number of carbonyl (C=O) groups excluding carboxylic acids is 1. The summed E-state index contributed by atoms with van der Waals surface area (Å²) in [5.41, 5.74) is 4.05. The highest BCUT2D eigenvalue weighted by atomic mass is 32.1. The largest absolute Gasteiger partial charge is 0.314 e. The fourth-order valence-electron chi connectivity index (χ4n) is 3.36. The molecule has 0 saturated carbocycles. The minimum Gasteiger partial charge on any atom is -0.314 e. The van der Waals surface area contributed by atoms with Gasteiger partial charge >= 0.3 is 0 Å². The lowest BCUT2D eigenvalue weighted by molar-refractivity contribution is -0.116. The fourth-order valence-corrected chi connectivity index (χ4v) is 4.13. The van der Waals surface area contributed by atoms with Crippen molar-refractivity contribution in [3.05, 3.63) is 53.5 Å². The van der Waals surface area contributed by atoms with Gasteiger partial charge in [-0.25, -0.2) is 9.97 Å². The van der Waals surface area contributed by atoms with E-state index in [0.717, 1.165) is 32.5 Å². The highest BCUT2D eigenvalue weighted by molar-refractivity contribution is 7.15. The molecule has 1 amide bonds. The van der Waals surface area contributed by atoms with E-state index in [-0.39, 0.29) is 18.4 Å². The molecule has 0 bridgehead atoms. The summed E-state index contributed by atoms with van der Waals surface area (Å²) in [6.07, 6.45) is 0. The standard InChI is InChI=1S/C21H18N6OS/c1-12(2)20-25-26-21(29-20)24-17(28)11-27-16-10-6-3-7-13(16)18-19(27)23-15-9-5-4-8-14(15)22-18/h3-10,12H,11H2,1-2H3,(H,24,26,28). The van der Waals surface area contributed by atoms with Crippen molar-refractivity contribution in [2.24, 2.45) is 0 Å². The van der Waals surface area contributed by atoms with Gasteiger partial charge in [-0.05, 0) is 18.2 Å². The molecule has 2 aromatic carbocycles. The number of para-hydroxylation sites is 3. The van der Waals surface area contributed by atoms with Crippen molar-refractivity contribution in [1.82, 2.24) is 24.7 Å². The molecule has 0 aliphatic heterocycles. The number of amides is 1. The predicted molar refractivity (Wildman–Crippen MR) is 115 cm³/mol. The van der Waals surface area contributed by atoms with E-state index in [2.05, 4.69) is 15.5 Å². The molecule has 0 fully saturated rings. The number of carbonyl (C=O) groups is 1. The normalized spacial score (nSPS) is 11.7. The molecule has 0 saturated heterocycles. The van der Waals surface area contributed by atoms with Crippen LogP contribution >= 0.6 is 11.3 Å². The van der Waals surface area contributed by atoms with Crippen molar-refractivity contribution >= 4 is 55.5 Å². The van der Waals surface area contributed by atoms with E-state index in [0.29, 0.717) is 10.8 Å². The van der Waals surface area contributed by atoms with E-state index in [1.54, 1.807) is 0 Å². The van der Waals surface area contributed by atoms with Crippen LogP contribution in [-0.4, -0.2) is 30.6 Å². The first-order valence-corrected chi connectivity index (χ1v) is 10.2. The summed E-state index contributed by atoms with van der Waals surface area (Å²) in [5.74, 6) is 0.105. The average Bonchev–Trinajstić information content (AvgIpc) is 3.30. The third-order valence-electron chi connectivity index (χ3n) is 4.74. The van der Waals surface area contributed by atoms with E-state index in [4.69, 9.17) is 9.97 Å². The molecule has 0 spiro atoms. The maximum atomic E-state index is 12.8. The molecule has 144 valence electrons. The molecule has 1 N–H and O–H groups in total. The third-order valence-corrected chi connectivity index (χ3v) is 5.88. The topological polar surface area (TPSA) is 85.6 Å². The van der Waals surface area contributed by atoms with Crippen molar-refractivity contribution < 1.29 is 4.79 Å². The molecule has 0 aliphatic carbocycles. The van der Waals surface area contributed by atoms with Crippen molar-refractivity contribution in [1.29, 1.82) is 0 Å². The number of benzene rings is 2. The summed E-state index contributed by atoms with van der Waals surface area (Å²) < 4.78 is 1.91. The summed E-state index contributed by atoms with van der Waals surface area (Å²) in [6, 6.07) is 15.7. The molecule has 0 atom stereocenters. The molecule has 7 nitrogen and oxygen atoms in total. The van der Waals surface area contributed by atoms with Crippen LogP contribution in [0.25, 0.3) is 33.1 Å². The second-order valence-electron chi connectivity index (χ2n) is 7.14. The van der Waals surface area contributed by atoms with Gasteiger partial charge in [0.1, 0.15) is 17.1 Å². The summed E-state index contributed by atoms with van der Waals surface area (Å²) in [5, 5.41) is 13.4. The number of nitrogens with zero attached hydrogens (tertiary/aromatic N) is 5. The Morgan fingerprint density at radius 1 is 1.03 bits per heavy atom. The van der Waals surface area contributed by atoms with E-state index < -0.39 is 0 Å². The fraction of sp³-hybridized carbons (Fsp3) is 0.190. The van der Waals surface area contributed by atoms with Gasteiger partial charge in [0.05, 0.1) is 16.6 Å². The minimum absolute atomic E-state index is 0.119. The summed E-state index contributed by atoms with van der Waals surface area (Å²) >= 11 is 1.40. The number of rotatable bonds is 4. The summed E-state index contributed by atoms with van der Waals surface area (Å²) in [7, 11) is 0. The number of hydrogen-bond donors (Lipinski definition) is 1. The van der Waals surface area contributed by atoms with Gasteiger partial charge < -0.3 is 4.57 Å². The van der Waals surface area contributed by atoms with Gasteiger partial charge in [0.2, 0.25) is 11.0 Å². The van der Waals surface area contributed by atoms with Gasteiger partial charge in [0, 0.05) is 11.3 Å². The quantitative estimate of drug-likeness (QED) is 0.483. The highest BCUT2D eigenvalue weighted by Gasteiger charge is 2.17. The van der Waals surface area contributed by atoms with Gasteiger partial charge in [0.25, 0.3) is 0 Å². The third kappa shape index (κ3) is 3.11. The summed E-state index contributed by atoms with van der Waals surface area (Å²) in [6.45, 7) is 4.22. The maximum absolute atomic E-state index is 12.8. The molecule has 0 unspecified atom stereocenters. The van der Waals surface area contributed by atoms with E-state index >= 15 is 0 Å². The zero-order valence-corrected chi connectivity index (χ0v) is 16.8. The lowest BCUT2D eigenvalue weighted by Gasteiger charge is -2.06. The SMILES string of the molecule is CC(C)c1nnc(NC(=O)Cn2c3ccccc3c3nc4ccccc4nc32)s1. The van der Waals surface area contributed by atoms with Crippen LogP contribution < -0.4 is 5.32 Å². The molecule has 0 radical (unpaired) electrons. The van der Waals surface area contributed by atoms with Gasteiger partial charge in [-0.1, -0.05) is 55.5 Å². The highest BCUT2D eigenvalue weighted by Crippen LogP contribution is 2.28. The Morgan fingerprint density at radius 3 is 2.52 bits per heavy atom. The molecule has 8 heteroatoms. The van der Waals surface area contributed by atoms with Gasteiger partial charge in [-0.3, -0.25) is 10.1 Å². The zero-order chi connectivity index (χ0) is 20.0. The number of fused-ring (bicyclic) bond motifs is 4. The zero-order valence-electron chi connectivity index (χ0n) is 16.0. The second kappa shape index (κ2) is 6.89. The molecule has 3 heterocycles. The Hall–Kier alpha value is -3.39. The van der Waals surface area contributed by atoms with Crippen molar-refractivity contribution in [3.63, 3.8) is 0 Å².